The Hall–Kier alpha value is -2.65. The van der Waals surface area contributed by atoms with Crippen LogP contribution in [0.25, 0.3) is 0 Å². The van der Waals surface area contributed by atoms with Crippen LogP contribution in [0.1, 0.15) is 27.2 Å². The molecule has 0 saturated carbocycles. The van der Waals surface area contributed by atoms with Gasteiger partial charge in [-0.2, -0.15) is 0 Å². The van der Waals surface area contributed by atoms with Gasteiger partial charge < -0.3 is 25.5 Å². The summed E-state index contributed by atoms with van der Waals surface area (Å²) in [6.07, 6.45) is -0.806. The molecule has 19 heavy (non-hydrogen) atoms. The van der Waals surface area contributed by atoms with Crippen LogP contribution < -0.4 is 0 Å². The summed E-state index contributed by atoms with van der Waals surface area (Å²) in [7, 11) is 0. The van der Waals surface area contributed by atoms with Crippen molar-refractivity contribution in [2.45, 2.75) is 27.2 Å². The molecule has 5 N–H and O–H groups in total. The van der Waals surface area contributed by atoms with Gasteiger partial charge in [0.1, 0.15) is 6.42 Å². The summed E-state index contributed by atoms with van der Waals surface area (Å²) in [6.45, 7) is 3.25. The smallest absolute Gasteiger partial charge is 0.314 e. The molecule has 0 aromatic rings. The maximum atomic E-state index is 9.43. The van der Waals surface area contributed by atoms with Crippen LogP contribution in [-0.4, -0.2) is 55.4 Å². The third kappa shape index (κ3) is 1500. The predicted octanol–water partition coefficient (Wildman–Crippen LogP) is -0.182. The summed E-state index contributed by atoms with van der Waals surface area (Å²) in [5, 5.41) is 37.7. The van der Waals surface area contributed by atoms with E-state index in [1.165, 1.54) is 0 Å². The Morgan fingerprint density at radius 3 is 0.684 bits per heavy atom. The average Bonchev–Trinajstić information content (AvgIpc) is 1.95. The minimum absolute atomic E-state index is 0.806. The van der Waals surface area contributed by atoms with Gasteiger partial charge >= 0.3 is 11.9 Å². The van der Waals surface area contributed by atoms with Crippen molar-refractivity contribution < 1.29 is 49.5 Å². The molecule has 0 fully saturated rings. The average molecular weight is 284 g/mol. The van der Waals surface area contributed by atoms with E-state index in [-0.39, 0.29) is 0 Å². The van der Waals surface area contributed by atoms with Crippen LogP contribution in [-0.2, 0) is 24.0 Å². The van der Waals surface area contributed by atoms with Crippen molar-refractivity contribution in [1.29, 1.82) is 0 Å². The highest BCUT2D eigenvalue weighted by Crippen LogP contribution is 1.74. The van der Waals surface area contributed by atoms with E-state index in [9.17, 15) is 9.59 Å². The standard InChI is InChI=1S/C3H4O4.3C2H4O2/c4-2(5)1-3(6)7;3*1-2(3)4/h1H2,(H,4,5)(H,6,7);3*1H3,(H,3,4). The fourth-order valence-electron chi connectivity index (χ4n) is 0.129. The van der Waals surface area contributed by atoms with Crippen molar-refractivity contribution in [2.24, 2.45) is 0 Å². The number of carboxylic acid groups (broad SMARTS) is 5. The molecule has 0 aromatic heterocycles. The summed E-state index contributed by atoms with van der Waals surface area (Å²) in [5.41, 5.74) is 0. The molecule has 0 spiro atoms. The Bertz CT molecular complexity index is 254. The van der Waals surface area contributed by atoms with Crippen molar-refractivity contribution in [3.8, 4) is 0 Å². The summed E-state index contributed by atoms with van der Waals surface area (Å²) in [5.74, 6) is -5.12. The summed E-state index contributed by atoms with van der Waals surface area (Å²) < 4.78 is 0. The Kier molecular flexibility index (Phi) is 23.6. The molecule has 0 bridgehead atoms. The first-order valence-electron chi connectivity index (χ1n) is 4.35. The maximum Gasteiger partial charge on any atom is 0.314 e. The molecule has 0 aromatic carbocycles. The lowest BCUT2D eigenvalue weighted by molar-refractivity contribution is -0.147. The molecule has 10 heteroatoms. The van der Waals surface area contributed by atoms with Crippen LogP contribution >= 0.6 is 0 Å². The molecule has 0 rings (SSSR count). The molecule has 112 valence electrons. The molecule has 0 atom stereocenters. The maximum absolute atomic E-state index is 9.43. The van der Waals surface area contributed by atoms with Crippen molar-refractivity contribution in [3.63, 3.8) is 0 Å². The van der Waals surface area contributed by atoms with E-state index in [0.717, 1.165) is 20.8 Å². The van der Waals surface area contributed by atoms with Crippen LogP contribution in [0.2, 0.25) is 0 Å². The molecule has 10 nitrogen and oxygen atoms in total. The largest absolute Gasteiger partial charge is 0.481 e. The Labute approximate surface area is 107 Å². The summed E-state index contributed by atoms with van der Waals surface area (Å²) >= 11 is 0. The topological polar surface area (TPSA) is 186 Å². The third-order valence-electron chi connectivity index (χ3n) is 0.302. The van der Waals surface area contributed by atoms with E-state index in [1.807, 2.05) is 0 Å². The molecule has 0 unspecified atom stereocenters. The second-order valence-electron chi connectivity index (χ2n) is 2.52. The molecule has 0 aliphatic rings. The molecular weight excluding hydrogens is 268 g/mol. The number of hydrogen-bond acceptors (Lipinski definition) is 5. The van der Waals surface area contributed by atoms with E-state index in [4.69, 9.17) is 39.9 Å². The van der Waals surface area contributed by atoms with Gasteiger partial charge in [-0.15, -0.1) is 0 Å². The van der Waals surface area contributed by atoms with Gasteiger partial charge in [0.05, 0.1) is 0 Å². The van der Waals surface area contributed by atoms with Crippen molar-refractivity contribution >= 4 is 29.8 Å². The Morgan fingerprint density at radius 2 is 0.684 bits per heavy atom. The predicted molar refractivity (Wildman–Crippen MR) is 59.8 cm³/mol. The van der Waals surface area contributed by atoms with Gasteiger partial charge in [0.2, 0.25) is 0 Å². The number of aliphatic carboxylic acids is 5. The quantitative estimate of drug-likeness (QED) is 0.425. The lowest BCUT2D eigenvalue weighted by atomic mass is 10.5. The van der Waals surface area contributed by atoms with Gasteiger partial charge in [-0.1, -0.05) is 0 Å². The number of carboxylic acids is 5. The first-order chi connectivity index (χ1) is 8.32. The minimum Gasteiger partial charge on any atom is -0.481 e. The molecule has 0 heterocycles. The van der Waals surface area contributed by atoms with Crippen LogP contribution in [0.15, 0.2) is 0 Å². The van der Waals surface area contributed by atoms with Crippen molar-refractivity contribution in [3.05, 3.63) is 0 Å². The highest BCUT2D eigenvalue weighted by Gasteiger charge is 2.01. The SMILES string of the molecule is CC(=O)O.CC(=O)O.CC(=O)O.O=C(O)CC(=O)O. The fraction of sp³-hybridized carbons (Fsp3) is 0.444. The van der Waals surface area contributed by atoms with E-state index in [2.05, 4.69) is 0 Å². The Morgan fingerprint density at radius 1 is 0.579 bits per heavy atom. The van der Waals surface area contributed by atoms with Crippen LogP contribution in [0.3, 0.4) is 0 Å². The van der Waals surface area contributed by atoms with Gasteiger partial charge in [0.25, 0.3) is 17.9 Å². The lowest BCUT2D eigenvalue weighted by Gasteiger charge is -1.80. The number of carbonyl (C=O) groups is 5. The summed E-state index contributed by atoms with van der Waals surface area (Å²) in [6, 6.07) is 0. The second-order valence-corrected chi connectivity index (χ2v) is 2.52. The molecule has 0 aliphatic heterocycles. The van der Waals surface area contributed by atoms with Crippen LogP contribution in [0.5, 0.6) is 0 Å². The van der Waals surface area contributed by atoms with E-state index in [1.54, 1.807) is 0 Å². The highest BCUT2D eigenvalue weighted by atomic mass is 16.4. The van der Waals surface area contributed by atoms with E-state index < -0.39 is 36.3 Å². The van der Waals surface area contributed by atoms with Gasteiger partial charge in [-0.25, -0.2) is 0 Å². The van der Waals surface area contributed by atoms with Gasteiger partial charge in [0.15, 0.2) is 0 Å². The fourth-order valence-corrected chi connectivity index (χ4v) is 0.129. The van der Waals surface area contributed by atoms with Crippen LogP contribution in [0.4, 0.5) is 0 Å². The molecule has 0 amide bonds. The first kappa shape index (κ1) is 25.3. The van der Waals surface area contributed by atoms with E-state index in [0.29, 0.717) is 0 Å². The molecular formula is C9H16O10. The number of rotatable bonds is 2. The number of hydrogen-bond donors (Lipinski definition) is 5. The van der Waals surface area contributed by atoms with Crippen molar-refractivity contribution in [1.82, 2.24) is 0 Å². The third-order valence-corrected chi connectivity index (χ3v) is 0.302. The van der Waals surface area contributed by atoms with Gasteiger partial charge in [-0.3, -0.25) is 24.0 Å². The normalized spacial score (nSPS) is 6.89. The van der Waals surface area contributed by atoms with Crippen LogP contribution in [0, 0.1) is 0 Å². The lowest BCUT2D eigenvalue weighted by Crippen LogP contribution is -2.03. The minimum atomic E-state index is -1.31. The molecule has 0 radical (unpaired) electrons. The highest BCUT2D eigenvalue weighted by molar-refractivity contribution is 5.88. The van der Waals surface area contributed by atoms with Gasteiger partial charge in [-0.05, 0) is 0 Å². The second kappa shape index (κ2) is 17.7. The van der Waals surface area contributed by atoms with E-state index >= 15 is 0 Å². The van der Waals surface area contributed by atoms with Gasteiger partial charge in [0, 0.05) is 20.8 Å². The monoisotopic (exact) mass is 284 g/mol. The first-order valence-corrected chi connectivity index (χ1v) is 4.35. The molecule has 0 aliphatic carbocycles. The zero-order valence-corrected chi connectivity index (χ0v) is 10.5. The summed E-state index contributed by atoms with van der Waals surface area (Å²) in [4.78, 5) is 45.9. The van der Waals surface area contributed by atoms with Crippen molar-refractivity contribution in [2.75, 3.05) is 0 Å². The zero-order chi connectivity index (χ0) is 16.6. The zero-order valence-electron chi connectivity index (χ0n) is 10.5. The molecule has 0 saturated heterocycles. The Balaban J connectivity index is -0.0000000825.